The fraction of sp³-hybridized carbons (Fsp3) is 0.312. The number of carbonyl (C=O) groups is 2. The van der Waals surface area contributed by atoms with Crippen LogP contribution in [-0.4, -0.2) is 41.7 Å². The van der Waals surface area contributed by atoms with Crippen molar-refractivity contribution < 1.29 is 24.2 Å². The molecule has 0 saturated heterocycles. The Balaban J connectivity index is 2.01. The molecule has 0 aliphatic rings. The van der Waals surface area contributed by atoms with Gasteiger partial charge in [0.05, 0.1) is 12.3 Å². The lowest BCUT2D eigenvalue weighted by Crippen LogP contribution is -2.43. The molecule has 2 rings (SSSR count). The molecule has 1 aromatic carbocycles. The summed E-state index contributed by atoms with van der Waals surface area (Å²) in [5, 5.41) is 12.7. The number of thiazole rings is 1. The summed E-state index contributed by atoms with van der Waals surface area (Å²) in [6.07, 6.45) is 0. The molecule has 2 N–H and O–H groups in total. The topological polar surface area (TPSA) is 97.8 Å². The van der Waals surface area contributed by atoms with Gasteiger partial charge >= 0.3 is 5.97 Å². The highest BCUT2D eigenvalue weighted by Crippen LogP contribution is 2.21. The van der Waals surface area contributed by atoms with Crippen molar-refractivity contribution in [2.24, 2.45) is 0 Å². The molecule has 0 radical (unpaired) electrons. The van der Waals surface area contributed by atoms with E-state index in [1.807, 2.05) is 0 Å². The highest BCUT2D eigenvalue weighted by atomic mass is 35.5. The standard InChI is InChI=1S/C16H17ClN2O5S/c1-9-14(15(20)19-12(7-23-2)16(21)22)25-13(18-9)8-24-11-5-3-10(17)4-6-11/h3-6,12H,7-8H2,1-2H3,(H,19,20)(H,21,22). The maximum Gasteiger partial charge on any atom is 0.328 e. The van der Waals surface area contributed by atoms with Crippen molar-refractivity contribution >= 4 is 34.8 Å². The van der Waals surface area contributed by atoms with E-state index in [0.29, 0.717) is 26.4 Å². The van der Waals surface area contributed by atoms with Crippen molar-refractivity contribution in [2.75, 3.05) is 13.7 Å². The van der Waals surface area contributed by atoms with Gasteiger partial charge in [0, 0.05) is 12.1 Å². The summed E-state index contributed by atoms with van der Waals surface area (Å²) >= 11 is 6.97. The minimum absolute atomic E-state index is 0.120. The first-order chi connectivity index (χ1) is 11.9. The fourth-order valence-electron chi connectivity index (χ4n) is 1.97. The minimum atomic E-state index is -1.16. The monoisotopic (exact) mass is 384 g/mol. The van der Waals surface area contributed by atoms with Crippen molar-refractivity contribution in [3.63, 3.8) is 0 Å². The van der Waals surface area contributed by atoms with Gasteiger partial charge in [0.2, 0.25) is 0 Å². The Morgan fingerprint density at radius 2 is 2.04 bits per heavy atom. The third-order valence-corrected chi connectivity index (χ3v) is 4.54. The zero-order valence-corrected chi connectivity index (χ0v) is 15.2. The molecule has 9 heteroatoms. The first-order valence-electron chi connectivity index (χ1n) is 7.28. The SMILES string of the molecule is COCC(NC(=O)c1sc(COc2ccc(Cl)cc2)nc1C)C(=O)O. The lowest BCUT2D eigenvalue weighted by Gasteiger charge is -2.12. The number of aryl methyl sites for hydroxylation is 1. The Morgan fingerprint density at radius 1 is 1.36 bits per heavy atom. The van der Waals surface area contributed by atoms with Crippen molar-refractivity contribution in [3.05, 3.63) is 44.9 Å². The molecule has 0 aliphatic carbocycles. The van der Waals surface area contributed by atoms with E-state index in [1.54, 1.807) is 31.2 Å². The normalized spacial score (nSPS) is 11.8. The van der Waals surface area contributed by atoms with Crippen LogP contribution in [0, 0.1) is 6.92 Å². The van der Waals surface area contributed by atoms with Crippen molar-refractivity contribution in [2.45, 2.75) is 19.6 Å². The zero-order chi connectivity index (χ0) is 18.4. The van der Waals surface area contributed by atoms with Crippen LogP contribution in [0.1, 0.15) is 20.4 Å². The van der Waals surface area contributed by atoms with Crippen LogP contribution in [0.5, 0.6) is 5.75 Å². The van der Waals surface area contributed by atoms with Crippen LogP contribution in [0.4, 0.5) is 0 Å². The Bertz CT molecular complexity index is 747. The number of nitrogens with one attached hydrogen (secondary N) is 1. The number of benzene rings is 1. The summed E-state index contributed by atoms with van der Waals surface area (Å²) in [5.41, 5.74) is 0.513. The van der Waals surface area contributed by atoms with E-state index in [4.69, 9.17) is 26.2 Å². The smallest absolute Gasteiger partial charge is 0.328 e. The van der Waals surface area contributed by atoms with Crippen LogP contribution < -0.4 is 10.1 Å². The predicted octanol–water partition coefficient (Wildman–Crippen LogP) is 2.51. The molecule has 1 atom stereocenters. The van der Waals surface area contributed by atoms with E-state index in [2.05, 4.69) is 10.3 Å². The second-order valence-corrected chi connectivity index (χ2v) is 6.60. The van der Waals surface area contributed by atoms with Crippen LogP contribution in [0.2, 0.25) is 5.02 Å². The number of ether oxygens (including phenoxy) is 2. The van der Waals surface area contributed by atoms with Crippen LogP contribution in [0.15, 0.2) is 24.3 Å². The molecule has 1 amide bonds. The molecule has 0 spiro atoms. The molecular formula is C16H17ClN2O5S. The number of methoxy groups -OCH3 is 1. The quantitative estimate of drug-likeness (QED) is 0.725. The van der Waals surface area contributed by atoms with Gasteiger partial charge in [0.15, 0.2) is 6.04 Å². The molecule has 0 fully saturated rings. The summed E-state index contributed by atoms with van der Waals surface area (Å²) in [6, 6.07) is 5.78. The Labute approximate surface area is 153 Å². The molecule has 0 saturated carbocycles. The first kappa shape index (κ1) is 19.2. The van der Waals surface area contributed by atoms with E-state index in [9.17, 15) is 9.59 Å². The summed E-state index contributed by atoms with van der Waals surface area (Å²) in [4.78, 5) is 28.0. The van der Waals surface area contributed by atoms with Crippen molar-refractivity contribution in [1.29, 1.82) is 0 Å². The lowest BCUT2D eigenvalue weighted by atomic mass is 10.3. The number of carboxylic acid groups (broad SMARTS) is 1. The average Bonchev–Trinajstić information content (AvgIpc) is 2.94. The molecule has 1 unspecified atom stereocenters. The zero-order valence-electron chi connectivity index (χ0n) is 13.6. The van der Waals surface area contributed by atoms with Crippen LogP contribution in [-0.2, 0) is 16.1 Å². The van der Waals surface area contributed by atoms with Gasteiger partial charge in [-0.05, 0) is 31.2 Å². The van der Waals surface area contributed by atoms with Gasteiger partial charge in [-0.1, -0.05) is 11.6 Å². The summed E-state index contributed by atoms with van der Waals surface area (Å²) in [7, 11) is 1.37. The summed E-state index contributed by atoms with van der Waals surface area (Å²) in [5.74, 6) is -1.03. The van der Waals surface area contributed by atoms with E-state index < -0.39 is 17.9 Å². The van der Waals surface area contributed by atoms with Gasteiger partial charge in [0.1, 0.15) is 22.2 Å². The van der Waals surface area contributed by atoms with Gasteiger partial charge < -0.3 is 19.9 Å². The fourth-order valence-corrected chi connectivity index (χ4v) is 2.97. The Morgan fingerprint density at radius 3 is 2.64 bits per heavy atom. The van der Waals surface area contributed by atoms with Gasteiger partial charge in [-0.15, -0.1) is 11.3 Å². The molecule has 25 heavy (non-hydrogen) atoms. The van der Waals surface area contributed by atoms with Gasteiger partial charge in [-0.25, -0.2) is 9.78 Å². The molecular weight excluding hydrogens is 368 g/mol. The predicted molar refractivity (Wildman–Crippen MR) is 93.4 cm³/mol. The first-order valence-corrected chi connectivity index (χ1v) is 8.47. The number of hydrogen-bond donors (Lipinski definition) is 2. The molecule has 1 heterocycles. The van der Waals surface area contributed by atoms with Crippen molar-refractivity contribution in [1.82, 2.24) is 10.3 Å². The number of amides is 1. The highest BCUT2D eigenvalue weighted by molar-refractivity contribution is 7.13. The third-order valence-electron chi connectivity index (χ3n) is 3.16. The van der Waals surface area contributed by atoms with Crippen molar-refractivity contribution in [3.8, 4) is 5.75 Å². The molecule has 1 aromatic heterocycles. The number of rotatable bonds is 8. The second-order valence-electron chi connectivity index (χ2n) is 5.08. The van der Waals surface area contributed by atoms with E-state index in [-0.39, 0.29) is 13.2 Å². The van der Waals surface area contributed by atoms with Crippen LogP contribution >= 0.6 is 22.9 Å². The average molecular weight is 385 g/mol. The van der Waals surface area contributed by atoms with E-state index >= 15 is 0 Å². The largest absolute Gasteiger partial charge is 0.486 e. The maximum absolute atomic E-state index is 12.3. The summed E-state index contributed by atoms with van der Waals surface area (Å²) in [6.45, 7) is 1.76. The molecule has 2 aromatic rings. The highest BCUT2D eigenvalue weighted by Gasteiger charge is 2.23. The lowest BCUT2D eigenvalue weighted by molar-refractivity contribution is -0.140. The molecule has 0 bridgehead atoms. The second kappa shape index (κ2) is 8.80. The maximum atomic E-state index is 12.3. The van der Waals surface area contributed by atoms with Gasteiger partial charge in [0.25, 0.3) is 5.91 Å². The number of carboxylic acids is 1. The van der Waals surface area contributed by atoms with Gasteiger partial charge in [-0.2, -0.15) is 0 Å². The number of hydrogen-bond acceptors (Lipinski definition) is 6. The third kappa shape index (κ3) is 5.42. The number of carbonyl (C=O) groups excluding carboxylic acids is 1. The Hall–Kier alpha value is -2.16. The number of aliphatic carboxylic acids is 1. The molecule has 134 valence electrons. The number of nitrogens with zero attached hydrogens (tertiary/aromatic N) is 1. The Kier molecular flexibility index (Phi) is 6.74. The van der Waals surface area contributed by atoms with Crippen LogP contribution in [0.25, 0.3) is 0 Å². The van der Waals surface area contributed by atoms with E-state index in [0.717, 1.165) is 11.3 Å². The number of halogens is 1. The van der Waals surface area contributed by atoms with Crippen LogP contribution in [0.3, 0.4) is 0 Å². The summed E-state index contributed by atoms with van der Waals surface area (Å²) < 4.78 is 10.4. The number of aromatic nitrogens is 1. The van der Waals surface area contributed by atoms with E-state index in [1.165, 1.54) is 7.11 Å². The molecule has 0 aliphatic heterocycles. The molecule has 7 nitrogen and oxygen atoms in total. The minimum Gasteiger partial charge on any atom is -0.486 e. The van der Waals surface area contributed by atoms with Gasteiger partial charge in [-0.3, -0.25) is 4.79 Å².